The highest BCUT2D eigenvalue weighted by molar-refractivity contribution is 5.76. The lowest BCUT2D eigenvalue weighted by Crippen LogP contribution is -2.38. The van der Waals surface area contributed by atoms with E-state index in [2.05, 4.69) is 10.3 Å². The maximum Gasteiger partial charge on any atom is 0.320 e. The first-order chi connectivity index (χ1) is 8.59. The summed E-state index contributed by atoms with van der Waals surface area (Å²) >= 11 is 0. The van der Waals surface area contributed by atoms with Crippen LogP contribution in [-0.2, 0) is 11.5 Å². The summed E-state index contributed by atoms with van der Waals surface area (Å²) in [7, 11) is 0. The summed E-state index contributed by atoms with van der Waals surface area (Å²) in [5, 5.41) is 12.0. The molecule has 0 unspecified atom stereocenters. The maximum atomic E-state index is 12.0. The topological polar surface area (TPSA) is 84.2 Å². The molecule has 1 aromatic heterocycles. The van der Waals surface area contributed by atoms with E-state index in [1.54, 1.807) is 18.2 Å². The minimum atomic E-state index is -0.961. The van der Waals surface area contributed by atoms with Crippen molar-refractivity contribution < 1.29 is 9.90 Å². The third kappa shape index (κ3) is 2.38. The molecular formula is C12H13N3O3. The van der Waals surface area contributed by atoms with Crippen molar-refractivity contribution in [2.45, 2.75) is 19.6 Å². The largest absolute Gasteiger partial charge is 0.480 e. The molecule has 0 saturated carbocycles. The summed E-state index contributed by atoms with van der Waals surface area (Å²) in [6.07, 6.45) is 1.41. The van der Waals surface area contributed by atoms with Gasteiger partial charge in [-0.15, -0.1) is 0 Å². The van der Waals surface area contributed by atoms with E-state index in [0.29, 0.717) is 10.9 Å². The van der Waals surface area contributed by atoms with Crippen LogP contribution in [-0.4, -0.2) is 26.7 Å². The normalized spacial score (nSPS) is 12.5. The van der Waals surface area contributed by atoms with E-state index in [1.165, 1.54) is 17.8 Å². The molecule has 1 heterocycles. The van der Waals surface area contributed by atoms with Crippen LogP contribution < -0.4 is 10.9 Å². The van der Waals surface area contributed by atoms with Gasteiger partial charge in [0.05, 0.1) is 23.9 Å². The molecule has 18 heavy (non-hydrogen) atoms. The average Bonchev–Trinajstić information content (AvgIpc) is 2.38. The molecule has 94 valence electrons. The second-order valence-electron chi connectivity index (χ2n) is 3.96. The van der Waals surface area contributed by atoms with Crippen LogP contribution in [0.5, 0.6) is 0 Å². The van der Waals surface area contributed by atoms with Gasteiger partial charge >= 0.3 is 5.97 Å². The highest BCUT2D eigenvalue weighted by Crippen LogP contribution is 2.04. The summed E-state index contributed by atoms with van der Waals surface area (Å²) in [6, 6.07) is 6.31. The first-order valence-electron chi connectivity index (χ1n) is 5.50. The van der Waals surface area contributed by atoms with E-state index in [-0.39, 0.29) is 12.2 Å². The number of benzene rings is 1. The molecule has 0 aliphatic rings. The van der Waals surface area contributed by atoms with Crippen molar-refractivity contribution in [2.24, 2.45) is 0 Å². The number of rotatable bonds is 4. The zero-order valence-corrected chi connectivity index (χ0v) is 9.83. The lowest BCUT2D eigenvalue weighted by Gasteiger charge is -2.11. The first kappa shape index (κ1) is 12.3. The SMILES string of the molecule is C[C@H](NCn1cnc2ccccc2c1=O)C(=O)O. The van der Waals surface area contributed by atoms with Crippen molar-refractivity contribution in [2.75, 3.05) is 0 Å². The average molecular weight is 247 g/mol. The van der Waals surface area contributed by atoms with Crippen LogP contribution in [0.2, 0.25) is 0 Å². The van der Waals surface area contributed by atoms with Crippen LogP contribution in [0.3, 0.4) is 0 Å². The molecule has 0 amide bonds. The molecule has 6 heteroatoms. The van der Waals surface area contributed by atoms with Crippen LogP contribution >= 0.6 is 0 Å². The third-order valence-electron chi connectivity index (χ3n) is 2.67. The van der Waals surface area contributed by atoms with Crippen LogP contribution in [0.25, 0.3) is 10.9 Å². The van der Waals surface area contributed by atoms with E-state index in [9.17, 15) is 9.59 Å². The van der Waals surface area contributed by atoms with E-state index in [4.69, 9.17) is 5.11 Å². The fraction of sp³-hybridized carbons (Fsp3) is 0.250. The summed E-state index contributed by atoms with van der Waals surface area (Å²) in [5.41, 5.74) is 0.440. The Morgan fingerprint density at radius 3 is 2.94 bits per heavy atom. The number of hydrogen-bond donors (Lipinski definition) is 2. The molecule has 0 aliphatic carbocycles. The number of nitrogens with one attached hydrogen (secondary N) is 1. The molecule has 0 fully saturated rings. The van der Waals surface area contributed by atoms with Gasteiger partial charge in [-0.3, -0.25) is 19.5 Å². The third-order valence-corrected chi connectivity index (χ3v) is 2.67. The number of aromatic nitrogens is 2. The predicted octanol–water partition coefficient (Wildman–Crippen LogP) is 0.417. The fourth-order valence-corrected chi connectivity index (χ4v) is 1.54. The van der Waals surface area contributed by atoms with Gasteiger partial charge in [-0.05, 0) is 19.1 Å². The summed E-state index contributed by atoms with van der Waals surface area (Å²) in [6.45, 7) is 1.63. The van der Waals surface area contributed by atoms with Crippen molar-refractivity contribution in [3.8, 4) is 0 Å². The van der Waals surface area contributed by atoms with Gasteiger partial charge in [0, 0.05) is 0 Å². The highest BCUT2D eigenvalue weighted by Gasteiger charge is 2.10. The molecule has 2 rings (SSSR count). The second-order valence-corrected chi connectivity index (χ2v) is 3.96. The number of para-hydroxylation sites is 1. The molecule has 1 aromatic carbocycles. The Kier molecular flexibility index (Phi) is 3.38. The maximum absolute atomic E-state index is 12.0. The lowest BCUT2D eigenvalue weighted by atomic mass is 10.2. The quantitative estimate of drug-likeness (QED) is 0.817. The molecule has 0 aliphatic heterocycles. The number of carboxylic acid groups (broad SMARTS) is 1. The monoisotopic (exact) mass is 247 g/mol. The molecule has 6 nitrogen and oxygen atoms in total. The Labute approximate surface area is 103 Å². The second kappa shape index (κ2) is 4.97. The molecule has 2 N–H and O–H groups in total. The van der Waals surface area contributed by atoms with Gasteiger partial charge in [0.2, 0.25) is 0 Å². The predicted molar refractivity (Wildman–Crippen MR) is 66.2 cm³/mol. The Morgan fingerprint density at radius 1 is 1.50 bits per heavy atom. The Bertz CT molecular complexity index is 636. The minimum absolute atomic E-state index is 0.115. The van der Waals surface area contributed by atoms with E-state index >= 15 is 0 Å². The van der Waals surface area contributed by atoms with Crippen LogP contribution in [0.4, 0.5) is 0 Å². The summed E-state index contributed by atoms with van der Waals surface area (Å²) in [4.78, 5) is 26.8. The van der Waals surface area contributed by atoms with Gasteiger partial charge in [-0.1, -0.05) is 12.1 Å². The van der Waals surface area contributed by atoms with Gasteiger partial charge in [0.15, 0.2) is 0 Å². The Balaban J connectivity index is 2.27. The Morgan fingerprint density at radius 2 is 2.22 bits per heavy atom. The molecule has 0 spiro atoms. The smallest absolute Gasteiger partial charge is 0.320 e. The van der Waals surface area contributed by atoms with Gasteiger partial charge in [0.25, 0.3) is 5.56 Å². The number of carbonyl (C=O) groups is 1. The Hall–Kier alpha value is -2.21. The number of nitrogens with zero attached hydrogens (tertiary/aromatic N) is 2. The number of fused-ring (bicyclic) bond motifs is 1. The van der Waals surface area contributed by atoms with E-state index < -0.39 is 12.0 Å². The van der Waals surface area contributed by atoms with Gasteiger partial charge in [0.1, 0.15) is 6.04 Å². The van der Waals surface area contributed by atoms with Gasteiger partial charge in [-0.25, -0.2) is 4.98 Å². The first-order valence-corrected chi connectivity index (χ1v) is 5.50. The summed E-state index contributed by atoms with van der Waals surface area (Å²) in [5.74, 6) is -0.961. The molecule has 0 bridgehead atoms. The molecule has 1 atom stereocenters. The van der Waals surface area contributed by atoms with Crippen molar-refractivity contribution in [1.82, 2.24) is 14.9 Å². The number of aliphatic carboxylic acids is 1. The zero-order valence-electron chi connectivity index (χ0n) is 9.83. The highest BCUT2D eigenvalue weighted by atomic mass is 16.4. The van der Waals surface area contributed by atoms with Crippen LogP contribution in [0.15, 0.2) is 35.4 Å². The zero-order chi connectivity index (χ0) is 13.1. The van der Waals surface area contributed by atoms with Crippen molar-refractivity contribution in [1.29, 1.82) is 0 Å². The molecule has 0 radical (unpaired) electrons. The van der Waals surface area contributed by atoms with E-state index in [0.717, 1.165) is 0 Å². The fourth-order valence-electron chi connectivity index (χ4n) is 1.54. The molecule has 0 saturated heterocycles. The minimum Gasteiger partial charge on any atom is -0.480 e. The lowest BCUT2D eigenvalue weighted by molar-refractivity contribution is -0.139. The van der Waals surface area contributed by atoms with Crippen LogP contribution in [0.1, 0.15) is 6.92 Å². The van der Waals surface area contributed by atoms with E-state index in [1.807, 2.05) is 6.07 Å². The van der Waals surface area contributed by atoms with Crippen LogP contribution in [0, 0.1) is 0 Å². The number of hydrogen-bond acceptors (Lipinski definition) is 4. The van der Waals surface area contributed by atoms with Gasteiger partial charge in [-0.2, -0.15) is 0 Å². The summed E-state index contributed by atoms with van der Waals surface area (Å²) < 4.78 is 1.35. The molecular weight excluding hydrogens is 234 g/mol. The molecule has 2 aromatic rings. The standard InChI is InChI=1S/C12H13N3O3/c1-8(12(17)18)13-6-15-7-14-10-5-3-2-4-9(10)11(15)16/h2-5,7-8,13H,6H2,1H3,(H,17,18)/t8-/m0/s1. The van der Waals surface area contributed by atoms with Crippen molar-refractivity contribution >= 4 is 16.9 Å². The number of carboxylic acids is 1. The van der Waals surface area contributed by atoms with Crippen molar-refractivity contribution in [3.63, 3.8) is 0 Å². The van der Waals surface area contributed by atoms with Crippen molar-refractivity contribution in [3.05, 3.63) is 40.9 Å². The van der Waals surface area contributed by atoms with Gasteiger partial charge < -0.3 is 5.11 Å².